The topological polar surface area (TPSA) is 49.4 Å². The molecule has 0 bridgehead atoms. The third-order valence-electron chi connectivity index (χ3n) is 5.27. The van der Waals surface area contributed by atoms with Gasteiger partial charge in [0.1, 0.15) is 0 Å². The van der Waals surface area contributed by atoms with Gasteiger partial charge < -0.3 is 10.2 Å². The highest BCUT2D eigenvalue weighted by atomic mass is 16.2. The van der Waals surface area contributed by atoms with Crippen LogP contribution in [0.15, 0.2) is 24.3 Å². The Balaban J connectivity index is 1.94. The molecule has 4 heteroatoms. The van der Waals surface area contributed by atoms with E-state index in [1.54, 1.807) is 4.90 Å². The van der Waals surface area contributed by atoms with Crippen LogP contribution in [0.1, 0.15) is 58.4 Å². The number of nitrogens with one attached hydrogen (secondary N) is 1. The Morgan fingerprint density at radius 1 is 1.28 bits per heavy atom. The van der Waals surface area contributed by atoms with E-state index in [1.165, 1.54) is 12.8 Å². The quantitative estimate of drug-likeness (QED) is 0.738. The average molecular weight is 344 g/mol. The van der Waals surface area contributed by atoms with Crippen LogP contribution in [0.4, 0.5) is 5.69 Å². The zero-order valence-electron chi connectivity index (χ0n) is 15.9. The summed E-state index contributed by atoms with van der Waals surface area (Å²) >= 11 is 0. The van der Waals surface area contributed by atoms with Crippen molar-refractivity contribution in [2.24, 2.45) is 11.8 Å². The van der Waals surface area contributed by atoms with Crippen molar-refractivity contribution in [2.45, 2.75) is 59.3 Å². The average Bonchev–Trinajstić information content (AvgIpc) is 3.03. The molecule has 1 heterocycles. The lowest BCUT2D eigenvalue weighted by molar-refractivity contribution is -0.126. The van der Waals surface area contributed by atoms with Crippen molar-refractivity contribution in [1.82, 2.24) is 5.32 Å². The van der Waals surface area contributed by atoms with Crippen LogP contribution < -0.4 is 10.2 Å². The van der Waals surface area contributed by atoms with E-state index in [4.69, 9.17) is 0 Å². The van der Waals surface area contributed by atoms with E-state index >= 15 is 0 Å². The number of carbonyl (C=O) groups is 2. The number of para-hydroxylation sites is 1. The molecule has 4 nitrogen and oxygen atoms in total. The van der Waals surface area contributed by atoms with Gasteiger partial charge in [0, 0.05) is 25.2 Å². The van der Waals surface area contributed by atoms with Gasteiger partial charge in [-0.1, -0.05) is 58.2 Å². The molecular weight excluding hydrogens is 312 g/mol. The fraction of sp³-hybridized carbons (Fsp3) is 0.619. The predicted molar refractivity (Wildman–Crippen MR) is 103 cm³/mol. The molecule has 2 unspecified atom stereocenters. The molecule has 25 heavy (non-hydrogen) atoms. The summed E-state index contributed by atoms with van der Waals surface area (Å²) in [6.07, 6.45) is 5.83. The number of aryl methyl sites for hydroxylation is 1. The zero-order chi connectivity index (χ0) is 18.2. The maximum absolute atomic E-state index is 12.5. The monoisotopic (exact) mass is 344 g/mol. The maximum Gasteiger partial charge on any atom is 0.227 e. The first-order chi connectivity index (χ1) is 12.1. The van der Waals surface area contributed by atoms with E-state index in [0.29, 0.717) is 18.9 Å². The van der Waals surface area contributed by atoms with Gasteiger partial charge in [0.25, 0.3) is 0 Å². The summed E-state index contributed by atoms with van der Waals surface area (Å²) in [5.41, 5.74) is 2.11. The SMILES string of the molecule is CCCCC(CC)CNC(=O)C1CC(=O)N(c2ccccc2CC)C1. The molecule has 2 amide bonds. The number of carbonyl (C=O) groups excluding carboxylic acids is 2. The molecule has 0 radical (unpaired) electrons. The summed E-state index contributed by atoms with van der Waals surface area (Å²) in [6.45, 7) is 7.68. The van der Waals surface area contributed by atoms with Crippen molar-refractivity contribution in [3.63, 3.8) is 0 Å². The Hall–Kier alpha value is -1.84. The van der Waals surface area contributed by atoms with Crippen LogP contribution in [0.3, 0.4) is 0 Å². The number of rotatable bonds is 9. The first-order valence-electron chi connectivity index (χ1n) is 9.76. The molecule has 138 valence electrons. The molecule has 1 aromatic carbocycles. The molecule has 1 fully saturated rings. The van der Waals surface area contributed by atoms with Crippen LogP contribution in [0.25, 0.3) is 0 Å². The molecule has 2 atom stereocenters. The Morgan fingerprint density at radius 3 is 2.72 bits per heavy atom. The van der Waals surface area contributed by atoms with Gasteiger partial charge in [0.05, 0.1) is 5.92 Å². The Bertz CT molecular complexity index is 585. The van der Waals surface area contributed by atoms with Crippen LogP contribution in [0.5, 0.6) is 0 Å². The van der Waals surface area contributed by atoms with Crippen molar-refractivity contribution in [2.75, 3.05) is 18.0 Å². The Morgan fingerprint density at radius 2 is 2.04 bits per heavy atom. The number of nitrogens with zero attached hydrogens (tertiary/aromatic N) is 1. The molecule has 0 aliphatic carbocycles. The van der Waals surface area contributed by atoms with Crippen molar-refractivity contribution >= 4 is 17.5 Å². The lowest BCUT2D eigenvalue weighted by Gasteiger charge is -2.20. The molecule has 1 aliphatic rings. The molecule has 0 spiro atoms. The molecular formula is C21H32N2O2. The fourth-order valence-corrected chi connectivity index (χ4v) is 3.52. The minimum atomic E-state index is -0.235. The summed E-state index contributed by atoms with van der Waals surface area (Å²) < 4.78 is 0. The van der Waals surface area contributed by atoms with Gasteiger partial charge in [-0.3, -0.25) is 9.59 Å². The fourth-order valence-electron chi connectivity index (χ4n) is 3.52. The van der Waals surface area contributed by atoms with Gasteiger partial charge in [-0.2, -0.15) is 0 Å². The smallest absolute Gasteiger partial charge is 0.227 e. The van der Waals surface area contributed by atoms with Crippen molar-refractivity contribution < 1.29 is 9.59 Å². The zero-order valence-corrected chi connectivity index (χ0v) is 15.9. The molecule has 1 saturated heterocycles. The number of unbranched alkanes of at least 4 members (excludes halogenated alkanes) is 1. The third kappa shape index (κ3) is 5.07. The number of anilines is 1. The molecule has 0 saturated carbocycles. The van der Waals surface area contributed by atoms with Crippen LogP contribution >= 0.6 is 0 Å². The standard InChI is InChI=1S/C21H32N2O2/c1-4-7-10-16(5-2)14-22-21(25)18-13-20(24)23(15-18)19-12-9-8-11-17(19)6-3/h8-9,11-12,16,18H,4-7,10,13-15H2,1-3H3,(H,22,25). The number of benzene rings is 1. The Labute approximate surface area is 152 Å². The van der Waals surface area contributed by atoms with Gasteiger partial charge in [0.2, 0.25) is 11.8 Å². The van der Waals surface area contributed by atoms with Gasteiger partial charge in [-0.15, -0.1) is 0 Å². The van der Waals surface area contributed by atoms with E-state index in [0.717, 1.165) is 37.1 Å². The van der Waals surface area contributed by atoms with Gasteiger partial charge in [-0.05, 0) is 30.4 Å². The minimum absolute atomic E-state index is 0.0276. The number of hydrogen-bond acceptors (Lipinski definition) is 2. The highest BCUT2D eigenvalue weighted by molar-refractivity contribution is 6.00. The third-order valence-corrected chi connectivity index (χ3v) is 5.27. The van der Waals surface area contributed by atoms with Crippen molar-refractivity contribution in [1.29, 1.82) is 0 Å². The van der Waals surface area contributed by atoms with Gasteiger partial charge in [0.15, 0.2) is 0 Å². The number of amides is 2. The van der Waals surface area contributed by atoms with E-state index in [-0.39, 0.29) is 17.7 Å². The second-order valence-electron chi connectivity index (χ2n) is 7.05. The highest BCUT2D eigenvalue weighted by Gasteiger charge is 2.35. The molecule has 0 aromatic heterocycles. The normalized spacial score (nSPS) is 18.4. The van der Waals surface area contributed by atoms with Gasteiger partial charge in [-0.25, -0.2) is 0 Å². The van der Waals surface area contributed by atoms with Gasteiger partial charge >= 0.3 is 0 Å². The molecule has 2 rings (SSSR count). The summed E-state index contributed by atoms with van der Waals surface area (Å²) in [4.78, 5) is 26.8. The highest BCUT2D eigenvalue weighted by Crippen LogP contribution is 2.28. The second kappa shape index (κ2) is 9.59. The van der Waals surface area contributed by atoms with Crippen LogP contribution in [-0.2, 0) is 16.0 Å². The van der Waals surface area contributed by atoms with Crippen LogP contribution in [-0.4, -0.2) is 24.9 Å². The van der Waals surface area contributed by atoms with Crippen molar-refractivity contribution in [3.05, 3.63) is 29.8 Å². The predicted octanol–water partition coefficient (Wildman–Crippen LogP) is 3.93. The number of hydrogen-bond donors (Lipinski definition) is 1. The second-order valence-corrected chi connectivity index (χ2v) is 7.05. The van der Waals surface area contributed by atoms with Crippen molar-refractivity contribution in [3.8, 4) is 0 Å². The van der Waals surface area contributed by atoms with E-state index in [9.17, 15) is 9.59 Å². The summed E-state index contributed by atoms with van der Waals surface area (Å²) in [7, 11) is 0. The largest absolute Gasteiger partial charge is 0.356 e. The minimum Gasteiger partial charge on any atom is -0.356 e. The van der Waals surface area contributed by atoms with Crippen LogP contribution in [0.2, 0.25) is 0 Å². The lowest BCUT2D eigenvalue weighted by atomic mass is 9.99. The maximum atomic E-state index is 12.5. The Kier molecular flexibility index (Phi) is 7.48. The molecule has 1 aromatic rings. The lowest BCUT2D eigenvalue weighted by Crippen LogP contribution is -2.36. The van der Waals surface area contributed by atoms with E-state index in [2.05, 4.69) is 32.2 Å². The van der Waals surface area contributed by atoms with E-state index < -0.39 is 0 Å². The molecule has 1 aliphatic heterocycles. The molecule has 1 N–H and O–H groups in total. The summed E-state index contributed by atoms with van der Waals surface area (Å²) in [6, 6.07) is 7.98. The first kappa shape index (κ1) is 19.5. The summed E-state index contributed by atoms with van der Waals surface area (Å²) in [5, 5.41) is 3.09. The van der Waals surface area contributed by atoms with E-state index in [1.807, 2.05) is 18.2 Å². The summed E-state index contributed by atoms with van der Waals surface area (Å²) in [5.74, 6) is 0.387. The first-order valence-corrected chi connectivity index (χ1v) is 9.76. The van der Waals surface area contributed by atoms with Crippen LogP contribution in [0, 0.1) is 11.8 Å².